The summed E-state index contributed by atoms with van der Waals surface area (Å²) in [5, 5.41) is 13.2. The summed E-state index contributed by atoms with van der Waals surface area (Å²) in [6.45, 7) is 0.260. The average Bonchev–Trinajstić information content (AvgIpc) is 3.64. The SMILES string of the molecule is O=C(O)c1ccc(C2(NC(=O)c3cc(-c4ccncn4)cc4ccn(Cc5ccc(C(F)(F)F)cc5)c34)CC2)cc1. The third-order valence-corrected chi connectivity index (χ3v) is 7.40. The third kappa shape index (κ3) is 5.16. The number of aromatic nitrogens is 3. The van der Waals surface area contributed by atoms with Gasteiger partial charge in [-0.25, -0.2) is 14.8 Å². The Morgan fingerprint density at radius 2 is 1.71 bits per heavy atom. The number of rotatable bonds is 7. The smallest absolute Gasteiger partial charge is 0.416 e. The molecule has 0 saturated heterocycles. The number of hydrogen-bond donors (Lipinski definition) is 2. The van der Waals surface area contributed by atoms with Crippen LogP contribution in [-0.2, 0) is 18.3 Å². The molecule has 1 aliphatic rings. The van der Waals surface area contributed by atoms with Crippen molar-refractivity contribution in [2.45, 2.75) is 31.1 Å². The van der Waals surface area contributed by atoms with Crippen LogP contribution in [0.3, 0.4) is 0 Å². The maximum atomic E-state index is 13.9. The van der Waals surface area contributed by atoms with E-state index in [1.54, 1.807) is 36.7 Å². The highest BCUT2D eigenvalue weighted by atomic mass is 19.4. The van der Waals surface area contributed by atoms with Gasteiger partial charge in [0.25, 0.3) is 5.91 Å². The first-order chi connectivity index (χ1) is 19.6. The van der Waals surface area contributed by atoms with Crippen LogP contribution < -0.4 is 5.32 Å². The van der Waals surface area contributed by atoms with Crippen LogP contribution in [-0.4, -0.2) is 31.5 Å². The fraction of sp³-hybridized carbons (Fsp3) is 0.161. The van der Waals surface area contributed by atoms with Crippen molar-refractivity contribution in [2.75, 3.05) is 0 Å². The zero-order valence-electron chi connectivity index (χ0n) is 21.5. The van der Waals surface area contributed by atoms with Gasteiger partial charge >= 0.3 is 12.1 Å². The second-order valence-corrected chi connectivity index (χ2v) is 10.1. The minimum atomic E-state index is -4.42. The predicted molar refractivity (Wildman–Crippen MR) is 145 cm³/mol. The number of carbonyl (C=O) groups is 2. The summed E-state index contributed by atoms with van der Waals surface area (Å²) in [5.41, 5.74) is 2.67. The molecule has 6 rings (SSSR count). The number of amides is 1. The molecule has 2 aromatic heterocycles. The number of alkyl halides is 3. The number of hydrogen-bond acceptors (Lipinski definition) is 4. The molecular formula is C31H23F3N4O3. The molecule has 0 atom stereocenters. The average molecular weight is 557 g/mol. The van der Waals surface area contributed by atoms with Gasteiger partial charge in [0.15, 0.2) is 0 Å². The molecule has 1 amide bonds. The molecular weight excluding hydrogens is 533 g/mol. The van der Waals surface area contributed by atoms with Crippen LogP contribution >= 0.6 is 0 Å². The summed E-state index contributed by atoms with van der Waals surface area (Å²) in [4.78, 5) is 33.5. The van der Waals surface area contributed by atoms with Crippen LogP contribution in [0.4, 0.5) is 13.2 Å². The van der Waals surface area contributed by atoms with Crippen molar-refractivity contribution < 1.29 is 27.9 Å². The molecule has 1 aliphatic carbocycles. The molecule has 7 nitrogen and oxygen atoms in total. The van der Waals surface area contributed by atoms with Crippen molar-refractivity contribution in [1.82, 2.24) is 19.9 Å². The van der Waals surface area contributed by atoms with Crippen molar-refractivity contribution in [3.63, 3.8) is 0 Å². The maximum absolute atomic E-state index is 13.9. The van der Waals surface area contributed by atoms with Gasteiger partial charge in [0.05, 0.1) is 33.4 Å². The summed E-state index contributed by atoms with van der Waals surface area (Å²) >= 11 is 0. The number of aromatic carboxylic acids is 1. The number of halogens is 3. The molecule has 2 N–H and O–H groups in total. The fourth-order valence-corrected chi connectivity index (χ4v) is 5.09. The summed E-state index contributed by atoms with van der Waals surface area (Å²) in [6, 6.07) is 18.7. The second-order valence-electron chi connectivity index (χ2n) is 10.1. The standard InChI is InChI=1S/C31H23F3N4O3/c32-31(33,34)24-5-1-19(2-6-24)17-38-14-10-21-15-22(26-9-13-35-18-36-26)16-25(27(21)38)28(39)37-30(11-12-30)23-7-3-20(4-8-23)29(40)41/h1-10,13-16,18H,11-12,17H2,(H,37,39)(H,40,41). The number of carbonyl (C=O) groups excluding carboxylic acids is 1. The number of carboxylic acid groups (broad SMARTS) is 1. The Bertz CT molecular complexity index is 1760. The molecule has 1 fully saturated rings. The van der Waals surface area contributed by atoms with Crippen LogP contribution in [0.1, 0.15) is 50.2 Å². The van der Waals surface area contributed by atoms with E-state index in [1.807, 2.05) is 16.7 Å². The molecule has 1 saturated carbocycles. The fourth-order valence-electron chi connectivity index (χ4n) is 5.09. The van der Waals surface area contributed by atoms with Gasteiger partial charge in [-0.05, 0) is 72.5 Å². The van der Waals surface area contributed by atoms with Crippen molar-refractivity contribution in [3.8, 4) is 11.3 Å². The molecule has 0 radical (unpaired) electrons. The zero-order chi connectivity index (χ0) is 28.8. The lowest BCUT2D eigenvalue weighted by Crippen LogP contribution is -2.35. The highest BCUT2D eigenvalue weighted by Crippen LogP contribution is 2.46. The van der Waals surface area contributed by atoms with E-state index in [0.29, 0.717) is 40.7 Å². The Morgan fingerprint density at radius 1 is 0.976 bits per heavy atom. The Balaban J connectivity index is 1.38. The van der Waals surface area contributed by atoms with E-state index in [1.165, 1.54) is 30.6 Å². The Hall–Kier alpha value is -4.99. The van der Waals surface area contributed by atoms with Crippen LogP contribution in [0.2, 0.25) is 0 Å². The monoisotopic (exact) mass is 556 g/mol. The zero-order valence-corrected chi connectivity index (χ0v) is 21.5. The lowest BCUT2D eigenvalue weighted by Gasteiger charge is -2.20. The summed E-state index contributed by atoms with van der Waals surface area (Å²) in [6.07, 6.45) is 1.82. The van der Waals surface area contributed by atoms with Crippen LogP contribution in [0, 0.1) is 0 Å². The summed E-state index contributed by atoms with van der Waals surface area (Å²) < 4.78 is 41.0. The third-order valence-electron chi connectivity index (χ3n) is 7.40. The van der Waals surface area contributed by atoms with E-state index in [2.05, 4.69) is 15.3 Å². The lowest BCUT2D eigenvalue weighted by atomic mass is 10.00. The molecule has 0 bridgehead atoms. The molecule has 10 heteroatoms. The van der Waals surface area contributed by atoms with Crippen molar-refractivity contribution in [1.29, 1.82) is 0 Å². The molecule has 5 aromatic rings. The van der Waals surface area contributed by atoms with Crippen molar-refractivity contribution in [2.24, 2.45) is 0 Å². The van der Waals surface area contributed by atoms with E-state index >= 15 is 0 Å². The van der Waals surface area contributed by atoms with Gasteiger partial charge < -0.3 is 15.0 Å². The second kappa shape index (κ2) is 9.88. The lowest BCUT2D eigenvalue weighted by molar-refractivity contribution is -0.137. The van der Waals surface area contributed by atoms with Crippen LogP contribution in [0.15, 0.2) is 91.5 Å². The van der Waals surface area contributed by atoms with Gasteiger partial charge in [-0.2, -0.15) is 13.2 Å². The molecule has 206 valence electrons. The molecule has 0 aliphatic heterocycles. The Morgan fingerprint density at radius 3 is 2.32 bits per heavy atom. The van der Waals surface area contributed by atoms with E-state index in [9.17, 15) is 27.9 Å². The quantitative estimate of drug-likeness (QED) is 0.246. The van der Waals surface area contributed by atoms with Gasteiger partial charge in [0, 0.05) is 29.9 Å². The van der Waals surface area contributed by atoms with E-state index < -0.39 is 23.2 Å². The summed E-state index contributed by atoms with van der Waals surface area (Å²) in [5.74, 6) is -1.35. The van der Waals surface area contributed by atoms with Gasteiger partial charge in [0.1, 0.15) is 6.33 Å². The minimum absolute atomic E-state index is 0.163. The van der Waals surface area contributed by atoms with Gasteiger partial charge in [-0.3, -0.25) is 4.79 Å². The minimum Gasteiger partial charge on any atom is -0.478 e. The van der Waals surface area contributed by atoms with Gasteiger partial charge in [-0.15, -0.1) is 0 Å². The normalized spacial score (nSPS) is 14.1. The van der Waals surface area contributed by atoms with Crippen LogP contribution in [0.5, 0.6) is 0 Å². The van der Waals surface area contributed by atoms with Crippen LogP contribution in [0.25, 0.3) is 22.2 Å². The molecule has 41 heavy (non-hydrogen) atoms. The van der Waals surface area contributed by atoms with Gasteiger partial charge in [-0.1, -0.05) is 24.3 Å². The maximum Gasteiger partial charge on any atom is 0.416 e. The first-order valence-corrected chi connectivity index (χ1v) is 12.8. The highest BCUT2D eigenvalue weighted by Gasteiger charge is 2.46. The molecule has 0 spiro atoms. The van der Waals surface area contributed by atoms with Crippen molar-refractivity contribution in [3.05, 3.63) is 119 Å². The number of nitrogens with one attached hydrogen (secondary N) is 1. The van der Waals surface area contributed by atoms with E-state index in [0.717, 1.165) is 23.1 Å². The van der Waals surface area contributed by atoms with E-state index in [-0.39, 0.29) is 18.0 Å². The first kappa shape index (κ1) is 26.2. The Kier molecular flexibility index (Phi) is 6.33. The van der Waals surface area contributed by atoms with Crippen molar-refractivity contribution >= 4 is 22.8 Å². The number of benzene rings is 3. The highest BCUT2D eigenvalue weighted by molar-refractivity contribution is 6.08. The summed E-state index contributed by atoms with van der Waals surface area (Å²) in [7, 11) is 0. The number of fused-ring (bicyclic) bond motifs is 1. The molecule has 0 unspecified atom stereocenters. The number of carboxylic acids is 1. The predicted octanol–water partition coefficient (Wildman–Crippen LogP) is 6.28. The number of nitrogens with zero attached hydrogens (tertiary/aromatic N) is 3. The first-order valence-electron chi connectivity index (χ1n) is 12.8. The topological polar surface area (TPSA) is 97.1 Å². The van der Waals surface area contributed by atoms with E-state index in [4.69, 9.17) is 0 Å². The molecule has 2 heterocycles. The Labute approximate surface area is 232 Å². The molecule has 3 aromatic carbocycles. The largest absolute Gasteiger partial charge is 0.478 e. The van der Waals surface area contributed by atoms with Gasteiger partial charge in [0.2, 0.25) is 0 Å².